The van der Waals surface area contributed by atoms with Gasteiger partial charge in [-0.25, -0.2) is 4.98 Å². The van der Waals surface area contributed by atoms with Crippen molar-refractivity contribution in [2.45, 2.75) is 26.6 Å². The fourth-order valence-corrected chi connectivity index (χ4v) is 3.09. The van der Waals surface area contributed by atoms with Crippen molar-refractivity contribution in [1.29, 1.82) is 0 Å². The topological polar surface area (TPSA) is 60.5 Å². The molecule has 0 bridgehead atoms. The average Bonchev–Trinajstić information content (AvgIpc) is 3.16. The SMILES string of the molecule is CC(C)Oc1c(Cl)cccc1NC(=O)c1ccc(OCc2cscn2)cc1. The van der Waals surface area contributed by atoms with E-state index in [2.05, 4.69) is 10.3 Å². The number of rotatable bonds is 7. The number of para-hydroxylation sites is 1. The van der Waals surface area contributed by atoms with Gasteiger partial charge in [0, 0.05) is 10.9 Å². The van der Waals surface area contributed by atoms with Gasteiger partial charge in [-0.1, -0.05) is 17.7 Å². The second-order valence-corrected chi connectivity index (χ2v) is 7.16. The molecule has 1 aromatic heterocycles. The van der Waals surface area contributed by atoms with Gasteiger partial charge in [0.05, 0.1) is 28.0 Å². The summed E-state index contributed by atoms with van der Waals surface area (Å²) < 4.78 is 11.4. The molecule has 0 spiro atoms. The highest BCUT2D eigenvalue weighted by Crippen LogP contribution is 2.34. The quantitative estimate of drug-likeness (QED) is 0.573. The van der Waals surface area contributed by atoms with Crippen LogP contribution in [0.25, 0.3) is 0 Å². The molecule has 7 heteroatoms. The van der Waals surface area contributed by atoms with Crippen molar-refractivity contribution >= 4 is 34.5 Å². The second-order valence-electron chi connectivity index (χ2n) is 6.03. The summed E-state index contributed by atoms with van der Waals surface area (Å²) in [5, 5.41) is 5.23. The zero-order valence-corrected chi connectivity index (χ0v) is 16.5. The van der Waals surface area contributed by atoms with Gasteiger partial charge in [0.2, 0.25) is 0 Å². The van der Waals surface area contributed by atoms with Crippen molar-refractivity contribution in [1.82, 2.24) is 4.98 Å². The van der Waals surface area contributed by atoms with Gasteiger partial charge in [-0.3, -0.25) is 4.79 Å². The van der Waals surface area contributed by atoms with Crippen molar-refractivity contribution in [3.8, 4) is 11.5 Å². The molecular weight excluding hydrogens is 384 g/mol. The molecule has 0 unspecified atom stereocenters. The molecule has 27 heavy (non-hydrogen) atoms. The number of thiazole rings is 1. The maximum absolute atomic E-state index is 12.6. The number of benzene rings is 2. The number of halogens is 1. The summed E-state index contributed by atoms with van der Waals surface area (Å²) in [7, 11) is 0. The second kappa shape index (κ2) is 8.88. The van der Waals surface area contributed by atoms with E-state index in [-0.39, 0.29) is 12.0 Å². The van der Waals surface area contributed by atoms with Gasteiger partial charge in [0.15, 0.2) is 5.75 Å². The normalized spacial score (nSPS) is 10.7. The minimum absolute atomic E-state index is 0.0605. The number of nitrogens with one attached hydrogen (secondary N) is 1. The van der Waals surface area contributed by atoms with Crippen molar-refractivity contribution in [3.63, 3.8) is 0 Å². The number of carbonyl (C=O) groups is 1. The number of ether oxygens (including phenoxy) is 2. The minimum Gasteiger partial charge on any atom is -0.487 e. The Hall–Kier alpha value is -2.57. The van der Waals surface area contributed by atoms with Gasteiger partial charge in [0.1, 0.15) is 12.4 Å². The average molecular weight is 403 g/mol. The summed E-state index contributed by atoms with van der Waals surface area (Å²) in [5.74, 6) is 0.883. The van der Waals surface area contributed by atoms with E-state index >= 15 is 0 Å². The smallest absolute Gasteiger partial charge is 0.255 e. The number of hydrogen-bond donors (Lipinski definition) is 1. The largest absolute Gasteiger partial charge is 0.487 e. The Morgan fingerprint density at radius 2 is 2.00 bits per heavy atom. The molecule has 0 saturated carbocycles. The van der Waals surface area contributed by atoms with Crippen LogP contribution in [0.4, 0.5) is 5.69 Å². The van der Waals surface area contributed by atoms with Gasteiger partial charge in [-0.05, 0) is 50.2 Å². The molecule has 0 aliphatic carbocycles. The third-order valence-electron chi connectivity index (χ3n) is 3.56. The first-order chi connectivity index (χ1) is 13.0. The van der Waals surface area contributed by atoms with E-state index in [1.807, 2.05) is 19.2 Å². The molecule has 0 atom stereocenters. The van der Waals surface area contributed by atoms with Crippen LogP contribution in [0.5, 0.6) is 11.5 Å². The Balaban J connectivity index is 1.67. The number of aromatic nitrogens is 1. The summed E-state index contributed by atoms with van der Waals surface area (Å²) in [5.41, 5.74) is 3.68. The van der Waals surface area contributed by atoms with E-state index in [1.165, 1.54) is 11.3 Å². The zero-order chi connectivity index (χ0) is 19.2. The van der Waals surface area contributed by atoms with Crippen LogP contribution in [0, 0.1) is 0 Å². The summed E-state index contributed by atoms with van der Waals surface area (Å²) in [6.45, 7) is 4.20. The van der Waals surface area contributed by atoms with Crippen LogP contribution in [0.15, 0.2) is 53.4 Å². The standard InChI is InChI=1S/C20H19ClN2O3S/c1-13(2)26-19-17(21)4-3-5-18(19)23-20(24)14-6-8-16(9-7-14)25-10-15-11-27-12-22-15/h3-9,11-13H,10H2,1-2H3,(H,23,24). The van der Waals surface area contributed by atoms with E-state index in [0.717, 1.165) is 5.69 Å². The van der Waals surface area contributed by atoms with Gasteiger partial charge in [0.25, 0.3) is 5.91 Å². The Kier molecular flexibility index (Phi) is 6.32. The first-order valence-electron chi connectivity index (χ1n) is 8.39. The summed E-state index contributed by atoms with van der Waals surface area (Å²) in [6.07, 6.45) is -0.0605. The van der Waals surface area contributed by atoms with Gasteiger partial charge >= 0.3 is 0 Å². The highest BCUT2D eigenvalue weighted by molar-refractivity contribution is 7.07. The molecule has 0 fully saturated rings. The molecule has 3 aromatic rings. The molecule has 0 saturated heterocycles. The van der Waals surface area contributed by atoms with Crippen LogP contribution in [0.2, 0.25) is 5.02 Å². The number of carbonyl (C=O) groups excluding carboxylic acids is 1. The Morgan fingerprint density at radius 1 is 1.22 bits per heavy atom. The third-order valence-corrected chi connectivity index (χ3v) is 4.49. The van der Waals surface area contributed by atoms with Gasteiger partial charge < -0.3 is 14.8 Å². The summed E-state index contributed by atoms with van der Waals surface area (Å²) in [6, 6.07) is 12.2. The molecule has 0 aliphatic heterocycles. The number of nitrogens with zero attached hydrogens (tertiary/aromatic N) is 1. The molecule has 3 rings (SSSR count). The Bertz CT molecular complexity index is 896. The molecule has 0 radical (unpaired) electrons. The van der Waals surface area contributed by atoms with Crippen molar-refractivity contribution in [3.05, 3.63) is 69.6 Å². The van der Waals surface area contributed by atoms with E-state index in [4.69, 9.17) is 21.1 Å². The molecule has 2 aromatic carbocycles. The van der Waals surface area contributed by atoms with Crippen molar-refractivity contribution in [2.75, 3.05) is 5.32 Å². The molecular formula is C20H19ClN2O3S. The molecule has 1 N–H and O–H groups in total. The van der Waals surface area contributed by atoms with Crippen LogP contribution in [-0.4, -0.2) is 17.0 Å². The number of anilines is 1. The molecule has 1 amide bonds. The van der Waals surface area contributed by atoms with Gasteiger partial charge in [-0.15, -0.1) is 11.3 Å². The molecule has 0 aliphatic rings. The predicted molar refractivity (Wildman–Crippen MR) is 108 cm³/mol. The van der Waals surface area contributed by atoms with Crippen molar-refractivity contribution in [2.24, 2.45) is 0 Å². The van der Waals surface area contributed by atoms with Crippen molar-refractivity contribution < 1.29 is 14.3 Å². The maximum atomic E-state index is 12.6. The highest BCUT2D eigenvalue weighted by Gasteiger charge is 2.14. The fourth-order valence-electron chi connectivity index (χ4n) is 2.33. The molecule has 5 nitrogen and oxygen atoms in total. The van der Waals surface area contributed by atoms with E-state index in [9.17, 15) is 4.79 Å². The van der Waals surface area contributed by atoms with E-state index in [0.29, 0.717) is 34.4 Å². The zero-order valence-electron chi connectivity index (χ0n) is 14.9. The lowest BCUT2D eigenvalue weighted by Crippen LogP contribution is -2.14. The molecule has 140 valence electrons. The monoisotopic (exact) mass is 402 g/mol. The van der Waals surface area contributed by atoms with Crippen LogP contribution < -0.4 is 14.8 Å². The maximum Gasteiger partial charge on any atom is 0.255 e. The molecule has 1 heterocycles. The summed E-state index contributed by atoms with van der Waals surface area (Å²) >= 11 is 7.73. The first kappa shape index (κ1) is 19.2. The van der Waals surface area contributed by atoms with Gasteiger partial charge in [-0.2, -0.15) is 0 Å². The van der Waals surface area contributed by atoms with Crippen LogP contribution in [0.3, 0.4) is 0 Å². The Labute approximate surface area is 166 Å². The number of amides is 1. The minimum atomic E-state index is -0.253. The number of hydrogen-bond acceptors (Lipinski definition) is 5. The highest BCUT2D eigenvalue weighted by atomic mass is 35.5. The Morgan fingerprint density at radius 3 is 2.67 bits per heavy atom. The first-order valence-corrected chi connectivity index (χ1v) is 9.71. The van der Waals surface area contributed by atoms with Crippen LogP contribution in [-0.2, 0) is 6.61 Å². The fraction of sp³-hybridized carbons (Fsp3) is 0.200. The summed E-state index contributed by atoms with van der Waals surface area (Å²) in [4.78, 5) is 16.7. The van der Waals surface area contributed by atoms with Crippen LogP contribution in [0.1, 0.15) is 29.9 Å². The lowest BCUT2D eigenvalue weighted by Gasteiger charge is -2.16. The van der Waals surface area contributed by atoms with Crippen LogP contribution >= 0.6 is 22.9 Å². The van der Waals surface area contributed by atoms with E-state index in [1.54, 1.807) is 48.0 Å². The van der Waals surface area contributed by atoms with E-state index < -0.39 is 0 Å². The predicted octanol–water partition coefficient (Wildman–Crippen LogP) is 5.42. The lowest BCUT2D eigenvalue weighted by atomic mass is 10.2. The third kappa shape index (κ3) is 5.21. The lowest BCUT2D eigenvalue weighted by molar-refractivity contribution is 0.102.